The fourth-order valence-corrected chi connectivity index (χ4v) is 7.92. The Kier molecular flexibility index (Phi) is 7.21. The molecule has 8 aromatic carbocycles. The summed E-state index contributed by atoms with van der Waals surface area (Å²) in [6.45, 7) is 4.70. The van der Waals surface area contributed by atoms with Gasteiger partial charge < -0.3 is 4.90 Å². The van der Waals surface area contributed by atoms with Gasteiger partial charge in [-0.1, -0.05) is 166 Å². The largest absolute Gasteiger partial charge is 0.310 e. The molecule has 0 heterocycles. The van der Waals surface area contributed by atoms with E-state index < -0.39 is 0 Å². The first-order valence-corrected chi connectivity index (χ1v) is 17.4. The van der Waals surface area contributed by atoms with Crippen LogP contribution in [0.3, 0.4) is 0 Å². The minimum atomic E-state index is -0.0538. The minimum Gasteiger partial charge on any atom is -0.310 e. The minimum absolute atomic E-state index is 0.0538. The zero-order chi connectivity index (χ0) is 33.7. The van der Waals surface area contributed by atoms with Gasteiger partial charge >= 0.3 is 0 Å². The molecule has 0 aliphatic heterocycles. The van der Waals surface area contributed by atoms with Gasteiger partial charge in [0.1, 0.15) is 0 Å². The average Bonchev–Trinajstić information content (AvgIpc) is 3.41. The molecule has 0 saturated heterocycles. The number of hydrogen-bond donors (Lipinski definition) is 0. The van der Waals surface area contributed by atoms with Crippen LogP contribution < -0.4 is 4.90 Å². The van der Waals surface area contributed by atoms with Crippen LogP contribution in [0.25, 0.3) is 55.3 Å². The Morgan fingerprint density at radius 1 is 0.380 bits per heavy atom. The Morgan fingerprint density at radius 2 is 0.980 bits per heavy atom. The smallest absolute Gasteiger partial charge is 0.0546 e. The Labute approximate surface area is 294 Å². The van der Waals surface area contributed by atoms with Gasteiger partial charge in [-0.3, -0.25) is 0 Å². The molecule has 0 amide bonds. The predicted octanol–water partition coefficient (Wildman–Crippen LogP) is 13.6. The number of hydrogen-bond acceptors (Lipinski definition) is 1. The summed E-state index contributed by atoms with van der Waals surface area (Å²) in [5.74, 6) is 0. The van der Waals surface area contributed by atoms with E-state index in [-0.39, 0.29) is 5.41 Å². The van der Waals surface area contributed by atoms with Gasteiger partial charge in [0.2, 0.25) is 0 Å². The molecule has 1 nitrogen and oxygen atoms in total. The summed E-state index contributed by atoms with van der Waals surface area (Å²) in [5.41, 5.74) is 16.1. The van der Waals surface area contributed by atoms with Crippen LogP contribution in [0, 0.1) is 0 Å². The monoisotopic (exact) mass is 639 g/mol. The molecule has 0 aromatic heterocycles. The van der Waals surface area contributed by atoms with E-state index in [1.54, 1.807) is 0 Å². The molecule has 238 valence electrons. The van der Waals surface area contributed by atoms with E-state index in [9.17, 15) is 0 Å². The highest BCUT2D eigenvalue weighted by atomic mass is 15.1. The number of anilines is 3. The summed E-state index contributed by atoms with van der Waals surface area (Å²) in [6, 6.07) is 68.6. The van der Waals surface area contributed by atoms with Gasteiger partial charge in [0.15, 0.2) is 0 Å². The molecule has 50 heavy (non-hydrogen) atoms. The highest BCUT2D eigenvalue weighted by Crippen LogP contribution is 2.50. The maximum absolute atomic E-state index is 2.43. The van der Waals surface area contributed by atoms with Crippen LogP contribution in [0.1, 0.15) is 25.0 Å². The number of benzene rings is 8. The maximum Gasteiger partial charge on any atom is 0.0546 e. The number of nitrogens with zero attached hydrogens (tertiary/aromatic N) is 1. The zero-order valence-corrected chi connectivity index (χ0v) is 28.3. The molecular formula is C49H37N. The summed E-state index contributed by atoms with van der Waals surface area (Å²) in [7, 11) is 0. The van der Waals surface area contributed by atoms with Crippen LogP contribution in [-0.2, 0) is 5.41 Å². The molecule has 1 aliphatic rings. The van der Waals surface area contributed by atoms with E-state index in [2.05, 4.69) is 207 Å². The second-order valence-corrected chi connectivity index (χ2v) is 13.8. The molecule has 0 atom stereocenters. The highest BCUT2D eigenvalue weighted by Gasteiger charge is 2.35. The van der Waals surface area contributed by atoms with E-state index in [1.807, 2.05) is 0 Å². The van der Waals surface area contributed by atoms with Gasteiger partial charge in [-0.05, 0) is 97.2 Å². The molecule has 1 aliphatic carbocycles. The van der Waals surface area contributed by atoms with Crippen molar-refractivity contribution in [1.82, 2.24) is 0 Å². The lowest BCUT2D eigenvalue weighted by atomic mass is 9.81. The maximum atomic E-state index is 2.43. The van der Waals surface area contributed by atoms with Gasteiger partial charge in [0, 0.05) is 22.4 Å². The van der Waals surface area contributed by atoms with Crippen molar-refractivity contribution in [2.24, 2.45) is 0 Å². The second-order valence-electron chi connectivity index (χ2n) is 13.8. The van der Waals surface area contributed by atoms with Crippen molar-refractivity contribution in [3.05, 3.63) is 199 Å². The normalized spacial score (nSPS) is 12.8. The van der Waals surface area contributed by atoms with Crippen molar-refractivity contribution < 1.29 is 0 Å². The Bertz CT molecular complexity index is 2490. The summed E-state index contributed by atoms with van der Waals surface area (Å²) in [4.78, 5) is 2.43. The van der Waals surface area contributed by atoms with Crippen molar-refractivity contribution in [3.63, 3.8) is 0 Å². The number of fused-ring (bicyclic) bond motifs is 4. The van der Waals surface area contributed by atoms with Crippen molar-refractivity contribution in [1.29, 1.82) is 0 Å². The third kappa shape index (κ3) is 5.02. The van der Waals surface area contributed by atoms with Crippen molar-refractivity contribution >= 4 is 27.8 Å². The van der Waals surface area contributed by atoms with Crippen molar-refractivity contribution in [2.75, 3.05) is 4.90 Å². The van der Waals surface area contributed by atoms with E-state index in [0.29, 0.717) is 0 Å². The van der Waals surface area contributed by atoms with E-state index in [4.69, 9.17) is 0 Å². The molecule has 0 radical (unpaired) electrons. The number of rotatable bonds is 6. The first-order chi connectivity index (χ1) is 24.6. The van der Waals surface area contributed by atoms with Crippen LogP contribution in [0.2, 0.25) is 0 Å². The highest BCUT2D eigenvalue weighted by molar-refractivity contribution is 6.05. The van der Waals surface area contributed by atoms with Crippen LogP contribution >= 0.6 is 0 Å². The Hall–Kier alpha value is -6.18. The lowest BCUT2D eigenvalue weighted by molar-refractivity contribution is 0.660. The molecule has 0 spiro atoms. The van der Waals surface area contributed by atoms with E-state index in [0.717, 1.165) is 17.1 Å². The lowest BCUT2D eigenvalue weighted by Crippen LogP contribution is -2.14. The molecule has 1 heteroatoms. The molecule has 0 N–H and O–H groups in total. The molecular weight excluding hydrogens is 603 g/mol. The molecule has 0 fully saturated rings. The Balaban J connectivity index is 1.23. The standard InChI is InChI=1S/C49H37N/c1-49(2)45-23-12-11-22-43(45)44-30-26-39(33-46(44)49)38-19-13-20-41(32-38)50(40-28-24-35(25-29-40)34-14-5-3-6-15-34)47-31-27-36-16-9-10-21-42(36)48(47)37-17-7-4-8-18-37/h3-33H,1-2H3. The Morgan fingerprint density at radius 3 is 1.78 bits per heavy atom. The third-order valence-electron chi connectivity index (χ3n) is 10.5. The van der Waals surface area contributed by atoms with Gasteiger partial charge in [-0.2, -0.15) is 0 Å². The van der Waals surface area contributed by atoms with Gasteiger partial charge in [-0.15, -0.1) is 0 Å². The first-order valence-electron chi connectivity index (χ1n) is 17.4. The first kappa shape index (κ1) is 29.9. The van der Waals surface area contributed by atoms with Gasteiger partial charge in [-0.25, -0.2) is 0 Å². The van der Waals surface area contributed by atoms with Crippen LogP contribution in [0.15, 0.2) is 188 Å². The van der Waals surface area contributed by atoms with Crippen LogP contribution in [0.4, 0.5) is 17.1 Å². The molecule has 0 saturated carbocycles. The molecule has 0 unspecified atom stereocenters. The summed E-state index contributed by atoms with van der Waals surface area (Å²) >= 11 is 0. The molecule has 8 aromatic rings. The zero-order valence-electron chi connectivity index (χ0n) is 28.3. The fourth-order valence-electron chi connectivity index (χ4n) is 7.92. The van der Waals surface area contributed by atoms with Crippen LogP contribution in [0.5, 0.6) is 0 Å². The predicted molar refractivity (Wildman–Crippen MR) is 213 cm³/mol. The summed E-state index contributed by atoms with van der Waals surface area (Å²) in [6.07, 6.45) is 0. The van der Waals surface area contributed by atoms with Gasteiger partial charge in [0.05, 0.1) is 5.69 Å². The van der Waals surface area contributed by atoms with Crippen molar-refractivity contribution in [2.45, 2.75) is 19.3 Å². The van der Waals surface area contributed by atoms with E-state index >= 15 is 0 Å². The average molecular weight is 640 g/mol. The van der Waals surface area contributed by atoms with Crippen LogP contribution in [-0.4, -0.2) is 0 Å². The molecule has 9 rings (SSSR count). The van der Waals surface area contributed by atoms with E-state index in [1.165, 1.54) is 66.4 Å². The quantitative estimate of drug-likeness (QED) is 0.175. The summed E-state index contributed by atoms with van der Waals surface area (Å²) in [5, 5.41) is 2.46. The lowest BCUT2D eigenvalue weighted by Gasteiger charge is -2.29. The third-order valence-corrected chi connectivity index (χ3v) is 10.5. The second kappa shape index (κ2) is 12.1. The molecule has 0 bridgehead atoms. The SMILES string of the molecule is CC1(C)c2ccccc2-c2ccc(-c3cccc(N(c4ccc(-c5ccccc5)cc4)c4ccc5ccccc5c4-c4ccccc4)c3)cc21. The van der Waals surface area contributed by atoms with Gasteiger partial charge in [0.25, 0.3) is 0 Å². The summed E-state index contributed by atoms with van der Waals surface area (Å²) < 4.78 is 0. The van der Waals surface area contributed by atoms with Crippen molar-refractivity contribution in [3.8, 4) is 44.5 Å². The fraction of sp³-hybridized carbons (Fsp3) is 0.0612. The topological polar surface area (TPSA) is 3.24 Å².